The summed E-state index contributed by atoms with van der Waals surface area (Å²) < 4.78 is 15.8. The zero-order valence-corrected chi connectivity index (χ0v) is 15.8. The molecule has 1 aromatic carbocycles. The fourth-order valence-corrected chi connectivity index (χ4v) is 3.70. The van der Waals surface area contributed by atoms with E-state index in [0.29, 0.717) is 22.8 Å². The summed E-state index contributed by atoms with van der Waals surface area (Å²) in [5, 5.41) is 20.3. The Labute approximate surface area is 159 Å². The summed E-state index contributed by atoms with van der Waals surface area (Å²) in [5.74, 6) is -1.01. The van der Waals surface area contributed by atoms with Crippen molar-refractivity contribution in [3.63, 3.8) is 0 Å². The van der Waals surface area contributed by atoms with Crippen LogP contribution < -0.4 is 19.3 Å². The number of nitrogens with zero attached hydrogens (tertiary/aromatic N) is 1. The minimum absolute atomic E-state index is 0.0249. The second kappa shape index (κ2) is 8.39. The number of aliphatic hydroxyl groups excluding tert-OH is 1. The second-order valence-corrected chi connectivity index (χ2v) is 6.70. The van der Waals surface area contributed by atoms with Gasteiger partial charge in [-0.3, -0.25) is 9.69 Å². The van der Waals surface area contributed by atoms with Crippen molar-refractivity contribution in [1.82, 2.24) is 4.90 Å². The van der Waals surface area contributed by atoms with E-state index in [4.69, 9.17) is 26.4 Å². The van der Waals surface area contributed by atoms with Gasteiger partial charge in [0.05, 0.1) is 38.8 Å². The van der Waals surface area contributed by atoms with Gasteiger partial charge >= 0.3 is 0 Å². The van der Waals surface area contributed by atoms with Crippen LogP contribution in [0.4, 0.5) is 0 Å². The van der Waals surface area contributed by atoms with Crippen molar-refractivity contribution >= 4 is 46.3 Å². The lowest BCUT2D eigenvalue weighted by Crippen LogP contribution is -2.51. The molecule has 140 valence electrons. The number of rotatable bonds is 7. The Balaban J connectivity index is 2.43. The first kappa shape index (κ1) is 20.0. The molecule has 1 aliphatic rings. The molecule has 0 unspecified atom stereocenters. The van der Waals surface area contributed by atoms with E-state index >= 15 is 0 Å². The monoisotopic (exact) mass is 398 g/mol. The first-order valence-corrected chi connectivity index (χ1v) is 8.49. The minimum atomic E-state index is -1.59. The molecule has 1 atom stereocenters. The average Bonchev–Trinajstić information content (AvgIpc) is 2.88. The highest BCUT2D eigenvalue weighted by Gasteiger charge is 2.37. The van der Waals surface area contributed by atoms with Crippen molar-refractivity contribution in [2.24, 2.45) is 0 Å². The van der Waals surface area contributed by atoms with Gasteiger partial charge in [0.1, 0.15) is 10.4 Å². The van der Waals surface area contributed by atoms with Crippen molar-refractivity contribution in [1.29, 1.82) is 0 Å². The number of thiocarbonyl (C=S) groups is 1. The molecule has 1 saturated heterocycles. The molecular weight excluding hydrogens is 382 g/mol. The molecule has 0 saturated carbocycles. The van der Waals surface area contributed by atoms with E-state index in [-0.39, 0.29) is 9.23 Å². The van der Waals surface area contributed by atoms with Gasteiger partial charge in [0.2, 0.25) is 5.75 Å². The third-order valence-electron chi connectivity index (χ3n) is 3.57. The Morgan fingerprint density at radius 2 is 1.88 bits per heavy atom. The molecular formula is C16H16NO7S2-. The zero-order valence-electron chi connectivity index (χ0n) is 14.2. The van der Waals surface area contributed by atoms with Gasteiger partial charge in [0, 0.05) is 0 Å². The molecule has 1 fully saturated rings. The Morgan fingerprint density at radius 3 is 2.31 bits per heavy atom. The number of carbonyl (C=O) groups excluding carboxylic acids is 2. The van der Waals surface area contributed by atoms with Gasteiger partial charge in [-0.1, -0.05) is 24.0 Å². The van der Waals surface area contributed by atoms with Gasteiger partial charge in [-0.25, -0.2) is 0 Å². The Hall–Kier alpha value is -2.30. The number of carboxylic acid groups (broad SMARTS) is 1. The quantitative estimate of drug-likeness (QED) is 0.502. The molecule has 0 aromatic heterocycles. The zero-order chi connectivity index (χ0) is 19.4. The van der Waals surface area contributed by atoms with Crippen LogP contribution in [-0.4, -0.2) is 60.2 Å². The fraction of sp³-hybridized carbons (Fsp3) is 0.312. The first-order chi connectivity index (χ1) is 12.4. The average molecular weight is 398 g/mol. The van der Waals surface area contributed by atoms with E-state index in [0.717, 1.165) is 16.7 Å². The normalized spacial score (nSPS) is 16.8. The fourth-order valence-electron chi connectivity index (χ4n) is 2.35. The van der Waals surface area contributed by atoms with Crippen LogP contribution in [0.5, 0.6) is 17.2 Å². The molecule has 2 rings (SSSR count). The molecule has 8 nitrogen and oxygen atoms in total. The van der Waals surface area contributed by atoms with Crippen LogP contribution in [0.25, 0.3) is 6.08 Å². The third kappa shape index (κ3) is 3.76. The number of aliphatic carboxylic acids is 1. The van der Waals surface area contributed by atoms with Gasteiger partial charge in [-0.05, 0) is 23.8 Å². The summed E-state index contributed by atoms with van der Waals surface area (Å²) in [6.07, 6.45) is 1.52. The van der Waals surface area contributed by atoms with E-state index in [2.05, 4.69) is 0 Å². The predicted octanol–water partition coefficient (Wildman–Crippen LogP) is 0.0244. The predicted molar refractivity (Wildman–Crippen MR) is 97.0 cm³/mol. The summed E-state index contributed by atoms with van der Waals surface area (Å²) in [7, 11) is 4.40. The largest absolute Gasteiger partial charge is 0.548 e. The number of carboxylic acids is 1. The maximum atomic E-state index is 12.5. The number of hydrogen-bond acceptors (Lipinski definition) is 9. The number of methoxy groups -OCH3 is 3. The van der Waals surface area contributed by atoms with Crippen LogP contribution in [0.1, 0.15) is 5.56 Å². The first-order valence-electron chi connectivity index (χ1n) is 7.26. The number of amides is 1. The summed E-state index contributed by atoms with van der Waals surface area (Å²) >= 11 is 5.99. The SMILES string of the molecule is COc1cc(/C=C2\SC(=S)N([C@H](CO)C(=O)[O-])C2=O)cc(OC)c1OC. The standard InChI is InChI=1S/C16H17NO7S2/c1-22-10-4-8(5-11(23-2)13(10)24-3)6-12-14(19)17(16(25)26-12)9(7-18)15(20)21/h4-6,9,18H,7H2,1-3H3,(H,20,21)/p-1/b12-6-/t9-/m1/s1. The number of carbonyl (C=O) groups is 2. The van der Waals surface area contributed by atoms with E-state index in [9.17, 15) is 19.8 Å². The highest BCUT2D eigenvalue weighted by atomic mass is 32.2. The summed E-state index contributed by atoms with van der Waals surface area (Å²) in [4.78, 5) is 24.7. The van der Waals surface area contributed by atoms with Crippen molar-refractivity contribution < 1.29 is 34.0 Å². The molecule has 0 radical (unpaired) electrons. The Kier molecular flexibility index (Phi) is 6.46. The van der Waals surface area contributed by atoms with Crippen molar-refractivity contribution in [3.05, 3.63) is 22.6 Å². The lowest BCUT2D eigenvalue weighted by atomic mass is 10.1. The molecule has 0 spiro atoms. The van der Waals surface area contributed by atoms with Crippen molar-refractivity contribution in [2.75, 3.05) is 27.9 Å². The van der Waals surface area contributed by atoms with Crippen molar-refractivity contribution in [2.45, 2.75) is 6.04 Å². The molecule has 0 bridgehead atoms. The van der Waals surface area contributed by atoms with E-state index in [1.807, 2.05) is 0 Å². The maximum absolute atomic E-state index is 12.5. The molecule has 1 aliphatic heterocycles. The Bertz CT molecular complexity index is 753. The molecule has 1 aromatic rings. The molecule has 10 heteroatoms. The highest BCUT2D eigenvalue weighted by molar-refractivity contribution is 8.26. The summed E-state index contributed by atoms with van der Waals surface area (Å²) in [6, 6.07) is 1.74. The summed E-state index contributed by atoms with van der Waals surface area (Å²) in [5.41, 5.74) is 0.564. The molecule has 26 heavy (non-hydrogen) atoms. The number of benzene rings is 1. The van der Waals surface area contributed by atoms with Crippen LogP contribution in [0.2, 0.25) is 0 Å². The van der Waals surface area contributed by atoms with Gasteiger partial charge in [-0.2, -0.15) is 0 Å². The van der Waals surface area contributed by atoms with Gasteiger partial charge in [0.15, 0.2) is 11.5 Å². The lowest BCUT2D eigenvalue weighted by molar-refractivity contribution is -0.311. The number of hydrogen-bond donors (Lipinski definition) is 1. The second-order valence-electron chi connectivity index (χ2n) is 5.03. The smallest absolute Gasteiger partial charge is 0.266 e. The van der Waals surface area contributed by atoms with Crippen LogP contribution >= 0.6 is 24.0 Å². The van der Waals surface area contributed by atoms with Crippen LogP contribution in [0.3, 0.4) is 0 Å². The van der Waals surface area contributed by atoms with Crippen molar-refractivity contribution in [3.8, 4) is 17.2 Å². The Morgan fingerprint density at radius 1 is 1.31 bits per heavy atom. The van der Waals surface area contributed by atoms with E-state index in [1.165, 1.54) is 27.4 Å². The number of aliphatic hydroxyl groups is 1. The minimum Gasteiger partial charge on any atom is -0.548 e. The lowest BCUT2D eigenvalue weighted by Gasteiger charge is -2.25. The summed E-state index contributed by atoms with van der Waals surface area (Å²) in [6.45, 7) is -0.799. The van der Waals surface area contributed by atoms with Crippen LogP contribution in [-0.2, 0) is 9.59 Å². The van der Waals surface area contributed by atoms with Gasteiger partial charge in [-0.15, -0.1) is 0 Å². The number of thioether (sulfide) groups is 1. The maximum Gasteiger partial charge on any atom is 0.266 e. The third-order valence-corrected chi connectivity index (χ3v) is 4.90. The van der Waals surface area contributed by atoms with Gasteiger partial charge < -0.3 is 29.2 Å². The van der Waals surface area contributed by atoms with E-state index < -0.39 is 24.5 Å². The van der Waals surface area contributed by atoms with Gasteiger partial charge in [0.25, 0.3) is 5.91 Å². The molecule has 0 aliphatic carbocycles. The number of ether oxygens (including phenoxy) is 3. The molecule has 1 heterocycles. The van der Waals surface area contributed by atoms with Crippen LogP contribution in [0, 0.1) is 0 Å². The molecule has 1 amide bonds. The van der Waals surface area contributed by atoms with Crippen LogP contribution in [0.15, 0.2) is 17.0 Å². The highest BCUT2D eigenvalue weighted by Crippen LogP contribution is 2.40. The van der Waals surface area contributed by atoms with E-state index in [1.54, 1.807) is 12.1 Å². The topological polar surface area (TPSA) is 108 Å². The molecule has 1 N–H and O–H groups in total.